The highest BCUT2D eigenvalue weighted by atomic mass is 79.9. The number of anilines is 1. The highest BCUT2D eigenvalue weighted by Crippen LogP contribution is 2.27. The maximum atomic E-state index is 9.12. The van der Waals surface area contributed by atoms with Crippen LogP contribution in [-0.2, 0) is 0 Å². The van der Waals surface area contributed by atoms with Crippen LogP contribution >= 0.6 is 15.9 Å². The molecule has 0 bridgehead atoms. The van der Waals surface area contributed by atoms with Gasteiger partial charge in [-0.3, -0.25) is 4.68 Å². The molecule has 2 aromatic heterocycles. The third-order valence-electron chi connectivity index (χ3n) is 3.31. The topological polar surface area (TPSA) is 57.7 Å². The van der Waals surface area contributed by atoms with Gasteiger partial charge >= 0.3 is 0 Å². The molecule has 2 aromatic rings. The van der Waals surface area contributed by atoms with Crippen molar-refractivity contribution >= 4 is 21.7 Å². The van der Waals surface area contributed by atoms with Crippen LogP contribution in [0.1, 0.15) is 18.0 Å². The van der Waals surface area contributed by atoms with Crippen LogP contribution in [0.2, 0.25) is 0 Å². The summed E-state index contributed by atoms with van der Waals surface area (Å²) in [6, 6.07) is 6.13. The van der Waals surface area contributed by atoms with Crippen molar-refractivity contribution in [1.29, 1.82) is 5.26 Å². The monoisotopic (exact) mass is 317 g/mol. The van der Waals surface area contributed by atoms with Gasteiger partial charge in [0.05, 0.1) is 22.3 Å². The first kappa shape index (κ1) is 12.2. The first-order valence-corrected chi connectivity index (χ1v) is 6.87. The lowest BCUT2D eigenvalue weighted by Gasteiger charge is -2.18. The van der Waals surface area contributed by atoms with Crippen LogP contribution in [0.25, 0.3) is 0 Å². The molecule has 3 heterocycles. The molecular weight excluding hydrogens is 306 g/mol. The van der Waals surface area contributed by atoms with Crippen LogP contribution in [-0.4, -0.2) is 27.9 Å². The molecule has 1 atom stereocenters. The van der Waals surface area contributed by atoms with Gasteiger partial charge in [0.15, 0.2) is 0 Å². The summed E-state index contributed by atoms with van der Waals surface area (Å²) in [6.07, 6.45) is 6.52. The first-order valence-electron chi connectivity index (χ1n) is 6.07. The summed E-state index contributed by atoms with van der Waals surface area (Å²) in [5.41, 5.74) is 0.629. The summed E-state index contributed by atoms with van der Waals surface area (Å²) in [7, 11) is 0. The Labute approximate surface area is 119 Å². The Morgan fingerprint density at radius 2 is 2.37 bits per heavy atom. The molecule has 0 radical (unpaired) electrons. The minimum absolute atomic E-state index is 0.333. The molecule has 1 saturated heterocycles. The van der Waals surface area contributed by atoms with E-state index in [0.29, 0.717) is 11.6 Å². The van der Waals surface area contributed by atoms with Gasteiger partial charge in [-0.1, -0.05) is 0 Å². The molecule has 96 valence electrons. The van der Waals surface area contributed by atoms with Crippen molar-refractivity contribution < 1.29 is 0 Å². The first-order chi connectivity index (χ1) is 9.28. The number of nitrogens with zero attached hydrogens (tertiary/aromatic N) is 5. The van der Waals surface area contributed by atoms with Crippen molar-refractivity contribution in [3.8, 4) is 6.07 Å². The van der Waals surface area contributed by atoms with Gasteiger partial charge in [0.1, 0.15) is 11.9 Å². The van der Waals surface area contributed by atoms with Crippen molar-refractivity contribution in [2.75, 3.05) is 18.0 Å². The van der Waals surface area contributed by atoms with E-state index in [1.54, 1.807) is 24.5 Å². The van der Waals surface area contributed by atoms with Crippen molar-refractivity contribution in [1.82, 2.24) is 14.8 Å². The summed E-state index contributed by atoms with van der Waals surface area (Å²) in [5.74, 6) is 0.777. The van der Waals surface area contributed by atoms with E-state index in [4.69, 9.17) is 5.26 Å². The third kappa shape index (κ3) is 2.34. The number of pyridine rings is 1. The summed E-state index contributed by atoms with van der Waals surface area (Å²) in [6.45, 7) is 1.73. The van der Waals surface area contributed by atoms with Gasteiger partial charge in [0, 0.05) is 25.5 Å². The molecule has 0 saturated carbocycles. The predicted octanol–water partition coefficient (Wildman–Crippen LogP) is 2.36. The molecule has 0 N–H and O–H groups in total. The van der Waals surface area contributed by atoms with Crippen LogP contribution in [0, 0.1) is 11.3 Å². The second-order valence-corrected chi connectivity index (χ2v) is 5.43. The molecule has 1 fully saturated rings. The van der Waals surface area contributed by atoms with Gasteiger partial charge in [-0.2, -0.15) is 10.4 Å². The van der Waals surface area contributed by atoms with Crippen LogP contribution in [0.15, 0.2) is 35.2 Å². The van der Waals surface area contributed by atoms with E-state index in [1.165, 1.54) is 0 Å². The molecule has 1 aliphatic heterocycles. The van der Waals surface area contributed by atoms with Crippen LogP contribution in [0.5, 0.6) is 0 Å². The Kier molecular flexibility index (Phi) is 3.22. The van der Waals surface area contributed by atoms with Crippen LogP contribution < -0.4 is 4.90 Å². The average molecular weight is 318 g/mol. The number of aromatic nitrogens is 3. The van der Waals surface area contributed by atoms with E-state index >= 15 is 0 Å². The SMILES string of the molecule is N#Cc1cccnc1N1CCC(n2cc(Br)cn2)C1. The largest absolute Gasteiger partial charge is 0.353 e. The van der Waals surface area contributed by atoms with Crippen molar-refractivity contribution in [3.63, 3.8) is 0 Å². The Bertz CT molecular complexity index is 630. The maximum absolute atomic E-state index is 9.12. The van der Waals surface area contributed by atoms with E-state index in [-0.39, 0.29) is 0 Å². The smallest absolute Gasteiger partial charge is 0.146 e. The second-order valence-electron chi connectivity index (χ2n) is 4.51. The molecule has 0 spiro atoms. The molecule has 0 aromatic carbocycles. The zero-order chi connectivity index (χ0) is 13.2. The third-order valence-corrected chi connectivity index (χ3v) is 3.72. The van der Waals surface area contributed by atoms with E-state index in [1.807, 2.05) is 10.9 Å². The van der Waals surface area contributed by atoms with Gasteiger partial charge in [-0.25, -0.2) is 4.98 Å². The second kappa shape index (κ2) is 5.02. The number of halogens is 1. The van der Waals surface area contributed by atoms with Gasteiger partial charge in [0.25, 0.3) is 0 Å². The van der Waals surface area contributed by atoms with Gasteiger partial charge in [-0.05, 0) is 34.5 Å². The Hall–Kier alpha value is -1.87. The van der Waals surface area contributed by atoms with Gasteiger partial charge < -0.3 is 4.90 Å². The summed E-state index contributed by atoms with van der Waals surface area (Å²) < 4.78 is 2.96. The fourth-order valence-corrected chi connectivity index (χ4v) is 2.70. The number of rotatable bonds is 2. The quantitative estimate of drug-likeness (QED) is 0.853. The number of hydrogen-bond acceptors (Lipinski definition) is 4. The van der Waals surface area contributed by atoms with Crippen LogP contribution in [0.3, 0.4) is 0 Å². The summed E-state index contributed by atoms with van der Waals surface area (Å²) in [4.78, 5) is 6.48. The standard InChI is InChI=1S/C13H12BrN5/c14-11-7-17-19(8-11)12-3-5-18(9-12)13-10(6-15)2-1-4-16-13/h1-2,4,7-8,12H,3,5,9H2. The highest BCUT2D eigenvalue weighted by molar-refractivity contribution is 9.10. The van der Waals surface area contributed by atoms with Gasteiger partial charge in [-0.15, -0.1) is 0 Å². The Balaban J connectivity index is 1.81. The molecule has 6 heteroatoms. The van der Waals surface area contributed by atoms with Crippen molar-refractivity contribution in [3.05, 3.63) is 40.8 Å². The zero-order valence-electron chi connectivity index (χ0n) is 10.2. The molecule has 0 aliphatic carbocycles. The number of hydrogen-bond donors (Lipinski definition) is 0. The Morgan fingerprint density at radius 1 is 1.47 bits per heavy atom. The molecule has 1 aliphatic rings. The van der Waals surface area contributed by atoms with Crippen molar-refractivity contribution in [2.45, 2.75) is 12.5 Å². The molecule has 0 amide bonds. The molecule has 5 nitrogen and oxygen atoms in total. The fraction of sp³-hybridized carbons (Fsp3) is 0.308. The lowest BCUT2D eigenvalue weighted by Crippen LogP contribution is -2.23. The Morgan fingerprint density at radius 3 is 3.11 bits per heavy atom. The normalized spacial score (nSPS) is 18.5. The molecule has 1 unspecified atom stereocenters. The lowest BCUT2D eigenvalue weighted by molar-refractivity contribution is 0.494. The number of nitriles is 1. The van der Waals surface area contributed by atoms with E-state index < -0.39 is 0 Å². The maximum Gasteiger partial charge on any atom is 0.146 e. The highest BCUT2D eigenvalue weighted by Gasteiger charge is 2.26. The molecular formula is C13H12BrN5. The summed E-state index contributed by atoms with van der Waals surface area (Å²) in [5, 5.41) is 13.5. The molecule has 3 rings (SSSR count). The zero-order valence-corrected chi connectivity index (χ0v) is 11.8. The van der Waals surface area contributed by atoms with Crippen LogP contribution in [0.4, 0.5) is 5.82 Å². The predicted molar refractivity (Wildman–Crippen MR) is 74.7 cm³/mol. The van der Waals surface area contributed by atoms with E-state index in [9.17, 15) is 0 Å². The molecule has 19 heavy (non-hydrogen) atoms. The van der Waals surface area contributed by atoms with E-state index in [0.717, 1.165) is 29.8 Å². The fourth-order valence-electron chi connectivity index (χ4n) is 2.40. The van der Waals surface area contributed by atoms with Gasteiger partial charge in [0.2, 0.25) is 0 Å². The van der Waals surface area contributed by atoms with Crippen molar-refractivity contribution in [2.24, 2.45) is 0 Å². The van der Waals surface area contributed by atoms with E-state index in [2.05, 4.69) is 37.0 Å². The minimum Gasteiger partial charge on any atom is -0.353 e. The summed E-state index contributed by atoms with van der Waals surface area (Å²) >= 11 is 3.41. The average Bonchev–Trinajstić information content (AvgIpc) is 3.07. The lowest BCUT2D eigenvalue weighted by atomic mass is 10.2. The minimum atomic E-state index is 0.333.